The molecule has 0 aliphatic carbocycles. The number of carbonyl (C=O) groups is 1. The van der Waals surface area contributed by atoms with E-state index in [1.807, 2.05) is 0 Å². The summed E-state index contributed by atoms with van der Waals surface area (Å²) in [6.45, 7) is -0.224. The quantitative estimate of drug-likeness (QED) is 0.727. The van der Waals surface area contributed by atoms with Gasteiger partial charge in [-0.1, -0.05) is 6.07 Å². The molecule has 0 saturated carbocycles. The van der Waals surface area contributed by atoms with Crippen molar-refractivity contribution < 1.29 is 26.7 Å². The number of piperidine rings is 1. The number of benzene rings is 1. The first-order valence-corrected chi connectivity index (χ1v) is 6.10. The number of likely N-dealkylation sites (tertiary alicyclic amines) is 1. The Kier molecular flexibility index (Phi) is 3.96. The van der Waals surface area contributed by atoms with Crippen LogP contribution in [0.25, 0.3) is 0 Å². The number of hydrogen-bond donors (Lipinski definition) is 0. The van der Waals surface area contributed by atoms with Crippen LogP contribution in [-0.4, -0.2) is 30.1 Å². The smallest absolute Gasteiger partial charge is 0.339 e. The van der Waals surface area contributed by atoms with E-state index in [1.165, 1.54) is 6.07 Å². The molecular weight excluding hydrogens is 281 g/mol. The second-order valence-corrected chi connectivity index (χ2v) is 4.71. The van der Waals surface area contributed by atoms with Crippen molar-refractivity contribution in [1.82, 2.24) is 4.90 Å². The van der Waals surface area contributed by atoms with Gasteiger partial charge in [-0.2, -0.15) is 13.2 Å². The molecule has 1 aliphatic rings. The van der Waals surface area contributed by atoms with E-state index < -0.39 is 35.2 Å². The molecule has 1 saturated heterocycles. The van der Waals surface area contributed by atoms with Gasteiger partial charge in [0.25, 0.3) is 5.91 Å². The largest absolute Gasteiger partial charge is 0.391 e. The van der Waals surface area contributed by atoms with Gasteiger partial charge in [0, 0.05) is 13.1 Å². The van der Waals surface area contributed by atoms with Crippen LogP contribution in [0.3, 0.4) is 0 Å². The van der Waals surface area contributed by atoms with Crippen LogP contribution < -0.4 is 0 Å². The van der Waals surface area contributed by atoms with Gasteiger partial charge in [0.15, 0.2) is 11.6 Å². The third-order valence-corrected chi connectivity index (χ3v) is 3.43. The van der Waals surface area contributed by atoms with Crippen LogP contribution in [-0.2, 0) is 0 Å². The molecule has 0 radical (unpaired) electrons. The molecule has 0 spiro atoms. The zero-order valence-electron chi connectivity index (χ0n) is 10.4. The lowest BCUT2D eigenvalue weighted by molar-refractivity contribution is -0.183. The van der Waals surface area contributed by atoms with E-state index in [0.29, 0.717) is 0 Å². The monoisotopic (exact) mass is 293 g/mol. The predicted molar refractivity (Wildman–Crippen MR) is 61.0 cm³/mol. The average molecular weight is 293 g/mol. The van der Waals surface area contributed by atoms with Gasteiger partial charge < -0.3 is 4.90 Å². The molecule has 1 fully saturated rings. The second-order valence-electron chi connectivity index (χ2n) is 4.71. The first-order chi connectivity index (χ1) is 9.30. The molecular formula is C13H12F5NO. The first-order valence-electron chi connectivity index (χ1n) is 6.10. The normalized spacial score (nSPS) is 17.4. The van der Waals surface area contributed by atoms with Crippen LogP contribution in [0.5, 0.6) is 0 Å². The zero-order valence-corrected chi connectivity index (χ0v) is 10.4. The zero-order chi connectivity index (χ0) is 14.9. The van der Waals surface area contributed by atoms with Gasteiger partial charge >= 0.3 is 6.18 Å². The number of amides is 1. The fraction of sp³-hybridized carbons (Fsp3) is 0.462. The minimum atomic E-state index is -4.28. The number of halogens is 5. The summed E-state index contributed by atoms with van der Waals surface area (Å²) in [5.41, 5.74) is -0.449. The Bertz CT molecular complexity index is 506. The molecule has 1 aliphatic heterocycles. The van der Waals surface area contributed by atoms with Crippen LogP contribution in [0.1, 0.15) is 23.2 Å². The summed E-state index contributed by atoms with van der Waals surface area (Å²) in [7, 11) is 0. The summed E-state index contributed by atoms with van der Waals surface area (Å²) in [6.07, 6.45) is -4.71. The molecule has 1 heterocycles. The summed E-state index contributed by atoms with van der Waals surface area (Å²) in [4.78, 5) is 13.1. The number of carbonyl (C=O) groups excluding carboxylic acids is 1. The molecule has 20 heavy (non-hydrogen) atoms. The van der Waals surface area contributed by atoms with E-state index in [-0.39, 0.29) is 25.9 Å². The van der Waals surface area contributed by atoms with Crippen LogP contribution in [0.2, 0.25) is 0 Å². The Balaban J connectivity index is 2.07. The third kappa shape index (κ3) is 2.91. The van der Waals surface area contributed by atoms with Crippen molar-refractivity contribution in [3.8, 4) is 0 Å². The molecule has 110 valence electrons. The summed E-state index contributed by atoms with van der Waals surface area (Å²) >= 11 is 0. The van der Waals surface area contributed by atoms with E-state index in [4.69, 9.17) is 0 Å². The molecule has 1 aromatic rings. The van der Waals surface area contributed by atoms with Crippen molar-refractivity contribution in [2.45, 2.75) is 19.0 Å². The standard InChI is InChI=1S/C13H12F5NO/c14-10-3-1-2-9(11(10)15)12(20)19-6-4-8(5-7-19)13(16,17)18/h1-3,8H,4-7H2. The van der Waals surface area contributed by atoms with Gasteiger partial charge in [-0.3, -0.25) is 4.79 Å². The van der Waals surface area contributed by atoms with Crippen molar-refractivity contribution in [2.75, 3.05) is 13.1 Å². The second kappa shape index (κ2) is 5.38. The van der Waals surface area contributed by atoms with Gasteiger partial charge in [0.05, 0.1) is 11.5 Å². The maximum Gasteiger partial charge on any atom is 0.391 e. The van der Waals surface area contributed by atoms with E-state index in [9.17, 15) is 26.7 Å². The van der Waals surface area contributed by atoms with Crippen LogP contribution >= 0.6 is 0 Å². The van der Waals surface area contributed by atoms with Crippen molar-refractivity contribution in [2.24, 2.45) is 5.92 Å². The predicted octanol–water partition coefficient (Wildman–Crippen LogP) is 3.38. The maximum atomic E-state index is 13.5. The van der Waals surface area contributed by atoms with Gasteiger partial charge in [-0.25, -0.2) is 8.78 Å². The lowest BCUT2D eigenvalue weighted by atomic mass is 9.96. The fourth-order valence-electron chi connectivity index (χ4n) is 2.25. The highest BCUT2D eigenvalue weighted by atomic mass is 19.4. The number of rotatable bonds is 1. The average Bonchev–Trinajstić information content (AvgIpc) is 2.40. The summed E-state index contributed by atoms with van der Waals surface area (Å²) in [6, 6.07) is 3.19. The molecule has 2 nitrogen and oxygen atoms in total. The summed E-state index contributed by atoms with van der Waals surface area (Å²) in [5.74, 6) is -4.64. The van der Waals surface area contributed by atoms with Crippen molar-refractivity contribution in [3.05, 3.63) is 35.4 Å². The Morgan fingerprint density at radius 2 is 1.75 bits per heavy atom. The van der Waals surface area contributed by atoms with Crippen molar-refractivity contribution >= 4 is 5.91 Å². The summed E-state index contributed by atoms with van der Waals surface area (Å²) < 4.78 is 64.0. The van der Waals surface area contributed by atoms with Gasteiger partial charge in [-0.05, 0) is 25.0 Å². The van der Waals surface area contributed by atoms with Gasteiger partial charge in [0.1, 0.15) is 0 Å². The van der Waals surface area contributed by atoms with Gasteiger partial charge in [0.2, 0.25) is 0 Å². The van der Waals surface area contributed by atoms with Crippen molar-refractivity contribution in [1.29, 1.82) is 0 Å². The molecule has 0 aromatic heterocycles. The van der Waals surface area contributed by atoms with E-state index in [2.05, 4.69) is 0 Å². The molecule has 7 heteroatoms. The van der Waals surface area contributed by atoms with Crippen LogP contribution in [0.15, 0.2) is 18.2 Å². The maximum absolute atomic E-state index is 13.5. The minimum absolute atomic E-state index is 0.112. The van der Waals surface area contributed by atoms with Crippen LogP contribution in [0, 0.1) is 17.6 Å². The number of alkyl halides is 3. The van der Waals surface area contributed by atoms with E-state index in [1.54, 1.807) is 0 Å². The molecule has 0 atom stereocenters. The highest BCUT2D eigenvalue weighted by molar-refractivity contribution is 5.94. The SMILES string of the molecule is O=C(c1cccc(F)c1F)N1CCC(C(F)(F)F)CC1. The number of hydrogen-bond acceptors (Lipinski definition) is 1. The van der Waals surface area contributed by atoms with Gasteiger partial charge in [-0.15, -0.1) is 0 Å². The number of nitrogens with zero attached hydrogens (tertiary/aromatic N) is 1. The van der Waals surface area contributed by atoms with Crippen molar-refractivity contribution in [3.63, 3.8) is 0 Å². The highest BCUT2D eigenvalue weighted by Gasteiger charge is 2.41. The molecule has 0 unspecified atom stereocenters. The van der Waals surface area contributed by atoms with Crippen LogP contribution in [0.4, 0.5) is 22.0 Å². The van der Waals surface area contributed by atoms with E-state index in [0.717, 1.165) is 17.0 Å². The molecule has 2 rings (SSSR count). The summed E-state index contributed by atoms with van der Waals surface area (Å²) in [5, 5.41) is 0. The highest BCUT2D eigenvalue weighted by Crippen LogP contribution is 2.34. The topological polar surface area (TPSA) is 20.3 Å². The molecule has 0 bridgehead atoms. The van der Waals surface area contributed by atoms with E-state index >= 15 is 0 Å². The Labute approximate surface area is 112 Å². The fourth-order valence-corrected chi connectivity index (χ4v) is 2.25. The molecule has 0 N–H and O–H groups in total. The lowest BCUT2D eigenvalue weighted by Gasteiger charge is -2.33. The third-order valence-electron chi connectivity index (χ3n) is 3.43. The Hall–Kier alpha value is -1.66. The first kappa shape index (κ1) is 14.7. The molecule has 1 aromatic carbocycles. The molecule has 1 amide bonds. The minimum Gasteiger partial charge on any atom is -0.339 e. The Morgan fingerprint density at radius 1 is 1.15 bits per heavy atom. The lowest BCUT2D eigenvalue weighted by Crippen LogP contribution is -2.42. The Morgan fingerprint density at radius 3 is 2.30 bits per heavy atom.